The van der Waals surface area contributed by atoms with Gasteiger partial charge in [-0.3, -0.25) is 0 Å². The average Bonchev–Trinajstić information content (AvgIpc) is 3.12. The second-order valence-electron chi connectivity index (χ2n) is 5.64. The lowest BCUT2D eigenvalue weighted by atomic mass is 10.2. The molecule has 0 aliphatic heterocycles. The van der Waals surface area contributed by atoms with Crippen LogP contribution in [0.5, 0.6) is 5.75 Å². The minimum Gasteiger partial charge on any atom is -0.494 e. The Morgan fingerprint density at radius 2 is 1.89 bits per heavy atom. The number of rotatable bonds is 8. The minimum atomic E-state index is -3.76. The van der Waals surface area contributed by atoms with Crippen LogP contribution in [0.3, 0.4) is 0 Å². The Morgan fingerprint density at radius 3 is 2.59 bits per heavy atom. The van der Waals surface area contributed by atoms with E-state index in [0.29, 0.717) is 18.0 Å². The van der Waals surface area contributed by atoms with Gasteiger partial charge in [-0.1, -0.05) is 23.4 Å². The third-order valence-electron chi connectivity index (χ3n) is 3.64. The van der Waals surface area contributed by atoms with Crippen molar-refractivity contribution in [3.63, 3.8) is 0 Å². The second-order valence-corrected chi connectivity index (χ2v) is 7.45. The SMILES string of the molecule is CCOc1ccc(-c2noc(CNS(=O)(=O)Cc3ccccc3F)n2)cc1. The number of hydrogen-bond acceptors (Lipinski definition) is 6. The number of halogens is 1. The first kappa shape index (κ1) is 19.0. The molecule has 2 aromatic carbocycles. The summed E-state index contributed by atoms with van der Waals surface area (Å²) >= 11 is 0. The van der Waals surface area contributed by atoms with E-state index in [-0.39, 0.29) is 18.0 Å². The molecule has 0 saturated heterocycles. The standard InChI is InChI=1S/C18H18FN3O4S/c1-2-25-15-9-7-13(8-10-15)18-21-17(26-22-18)11-20-27(23,24)12-14-5-3-4-6-16(14)19/h3-10,20H,2,11-12H2,1H3. The maximum Gasteiger partial charge on any atom is 0.242 e. The number of ether oxygens (including phenoxy) is 1. The number of hydrogen-bond donors (Lipinski definition) is 1. The van der Waals surface area contributed by atoms with Crippen molar-refractivity contribution in [2.45, 2.75) is 19.2 Å². The van der Waals surface area contributed by atoms with Crippen molar-refractivity contribution >= 4 is 10.0 Å². The van der Waals surface area contributed by atoms with E-state index in [0.717, 1.165) is 5.75 Å². The molecular weight excluding hydrogens is 373 g/mol. The molecule has 27 heavy (non-hydrogen) atoms. The molecule has 1 N–H and O–H groups in total. The maximum atomic E-state index is 13.6. The number of sulfonamides is 1. The molecule has 0 radical (unpaired) electrons. The zero-order valence-electron chi connectivity index (χ0n) is 14.6. The third-order valence-corrected chi connectivity index (χ3v) is 4.91. The summed E-state index contributed by atoms with van der Waals surface area (Å²) in [5.74, 6) is 0.126. The van der Waals surface area contributed by atoms with Gasteiger partial charge < -0.3 is 9.26 Å². The molecule has 0 aliphatic carbocycles. The smallest absolute Gasteiger partial charge is 0.242 e. The van der Waals surface area contributed by atoms with E-state index in [1.807, 2.05) is 6.92 Å². The van der Waals surface area contributed by atoms with Crippen molar-refractivity contribution in [2.24, 2.45) is 0 Å². The summed E-state index contributed by atoms with van der Waals surface area (Å²) in [5, 5.41) is 3.84. The lowest BCUT2D eigenvalue weighted by Crippen LogP contribution is -2.25. The fraction of sp³-hybridized carbons (Fsp3) is 0.222. The van der Waals surface area contributed by atoms with Gasteiger partial charge in [-0.2, -0.15) is 4.98 Å². The number of aromatic nitrogens is 2. The highest BCUT2D eigenvalue weighted by atomic mass is 32.2. The van der Waals surface area contributed by atoms with Crippen molar-refractivity contribution < 1.29 is 22.1 Å². The van der Waals surface area contributed by atoms with E-state index in [1.54, 1.807) is 30.3 Å². The normalized spacial score (nSPS) is 11.5. The fourth-order valence-corrected chi connectivity index (χ4v) is 3.44. The van der Waals surface area contributed by atoms with Gasteiger partial charge in [0, 0.05) is 11.1 Å². The molecule has 9 heteroatoms. The van der Waals surface area contributed by atoms with Crippen LogP contribution in [0.4, 0.5) is 4.39 Å². The van der Waals surface area contributed by atoms with E-state index < -0.39 is 21.6 Å². The first-order valence-corrected chi connectivity index (χ1v) is 9.88. The molecule has 1 heterocycles. The van der Waals surface area contributed by atoms with E-state index in [2.05, 4.69) is 14.9 Å². The van der Waals surface area contributed by atoms with Gasteiger partial charge in [0.15, 0.2) is 0 Å². The lowest BCUT2D eigenvalue weighted by molar-refractivity contribution is 0.340. The molecule has 0 bridgehead atoms. The largest absolute Gasteiger partial charge is 0.494 e. The summed E-state index contributed by atoms with van der Waals surface area (Å²) in [6.45, 7) is 2.28. The Kier molecular flexibility index (Phi) is 5.82. The van der Waals surface area contributed by atoms with Crippen LogP contribution in [-0.4, -0.2) is 25.2 Å². The Bertz CT molecular complexity index is 1000. The number of nitrogens with zero attached hydrogens (tertiary/aromatic N) is 2. The first-order valence-electron chi connectivity index (χ1n) is 8.23. The van der Waals surface area contributed by atoms with Crippen LogP contribution in [0.2, 0.25) is 0 Å². The Labute approximate surface area is 156 Å². The molecule has 0 atom stereocenters. The van der Waals surface area contributed by atoms with Gasteiger partial charge in [-0.05, 0) is 37.3 Å². The number of nitrogens with one attached hydrogen (secondary N) is 1. The van der Waals surface area contributed by atoms with Crippen LogP contribution in [0, 0.1) is 5.82 Å². The highest BCUT2D eigenvalue weighted by Crippen LogP contribution is 2.20. The quantitative estimate of drug-likeness (QED) is 0.635. The van der Waals surface area contributed by atoms with Crippen molar-refractivity contribution in [2.75, 3.05) is 6.61 Å². The molecule has 0 saturated carbocycles. The predicted octanol–water partition coefficient (Wildman–Crippen LogP) is 2.89. The molecule has 0 aliphatic rings. The summed E-state index contributed by atoms with van der Waals surface area (Å²) in [4.78, 5) is 4.16. The third kappa shape index (κ3) is 5.11. The molecule has 0 spiro atoms. The van der Waals surface area contributed by atoms with E-state index in [1.165, 1.54) is 18.2 Å². The van der Waals surface area contributed by atoms with Crippen molar-refractivity contribution in [1.29, 1.82) is 0 Å². The Balaban J connectivity index is 1.63. The molecule has 1 aromatic heterocycles. The molecule has 0 fully saturated rings. The second kappa shape index (κ2) is 8.28. The summed E-state index contributed by atoms with van der Waals surface area (Å²) in [6, 6.07) is 12.8. The van der Waals surface area contributed by atoms with Gasteiger partial charge in [0.1, 0.15) is 11.6 Å². The average molecular weight is 391 g/mol. The highest BCUT2D eigenvalue weighted by molar-refractivity contribution is 7.88. The first-order chi connectivity index (χ1) is 13.0. The van der Waals surface area contributed by atoms with Crippen molar-refractivity contribution in [3.05, 3.63) is 65.8 Å². The topological polar surface area (TPSA) is 94.3 Å². The minimum absolute atomic E-state index is 0.0885. The van der Waals surface area contributed by atoms with Gasteiger partial charge in [-0.25, -0.2) is 17.5 Å². The summed E-state index contributed by atoms with van der Waals surface area (Å²) in [7, 11) is -3.76. The van der Waals surface area contributed by atoms with E-state index in [4.69, 9.17) is 9.26 Å². The monoisotopic (exact) mass is 391 g/mol. The van der Waals surface area contributed by atoms with Gasteiger partial charge in [-0.15, -0.1) is 0 Å². The zero-order chi connectivity index (χ0) is 19.3. The van der Waals surface area contributed by atoms with E-state index in [9.17, 15) is 12.8 Å². The summed E-state index contributed by atoms with van der Waals surface area (Å²) in [5.41, 5.74) is 0.799. The molecule has 3 rings (SSSR count). The van der Waals surface area contributed by atoms with E-state index >= 15 is 0 Å². The molecule has 0 amide bonds. The van der Waals surface area contributed by atoms with Gasteiger partial charge in [0.25, 0.3) is 0 Å². The molecular formula is C18H18FN3O4S. The predicted molar refractivity (Wildman–Crippen MR) is 96.8 cm³/mol. The maximum absolute atomic E-state index is 13.6. The highest BCUT2D eigenvalue weighted by Gasteiger charge is 2.16. The zero-order valence-corrected chi connectivity index (χ0v) is 15.4. The van der Waals surface area contributed by atoms with Gasteiger partial charge >= 0.3 is 0 Å². The van der Waals surface area contributed by atoms with Gasteiger partial charge in [0.2, 0.25) is 21.7 Å². The summed E-state index contributed by atoms with van der Waals surface area (Å²) < 4.78 is 50.6. The molecule has 142 valence electrons. The molecule has 7 nitrogen and oxygen atoms in total. The molecule has 0 unspecified atom stereocenters. The number of benzene rings is 2. The van der Waals surface area contributed by atoms with Crippen LogP contribution < -0.4 is 9.46 Å². The van der Waals surface area contributed by atoms with Crippen LogP contribution in [0.25, 0.3) is 11.4 Å². The van der Waals surface area contributed by atoms with Crippen LogP contribution in [0.15, 0.2) is 53.1 Å². The van der Waals surface area contributed by atoms with Gasteiger partial charge in [0.05, 0.1) is 18.9 Å². The Morgan fingerprint density at radius 1 is 1.15 bits per heavy atom. The van der Waals surface area contributed by atoms with Crippen LogP contribution >= 0.6 is 0 Å². The fourth-order valence-electron chi connectivity index (χ4n) is 2.35. The summed E-state index contributed by atoms with van der Waals surface area (Å²) in [6.07, 6.45) is 0. The van der Waals surface area contributed by atoms with Crippen molar-refractivity contribution in [3.8, 4) is 17.1 Å². The molecule has 3 aromatic rings. The van der Waals surface area contributed by atoms with Crippen LogP contribution in [-0.2, 0) is 22.3 Å². The van der Waals surface area contributed by atoms with Crippen LogP contribution in [0.1, 0.15) is 18.4 Å². The van der Waals surface area contributed by atoms with Crippen molar-refractivity contribution in [1.82, 2.24) is 14.9 Å². The Hall–Kier alpha value is -2.78. The lowest BCUT2D eigenvalue weighted by Gasteiger charge is -2.05.